The van der Waals surface area contributed by atoms with Crippen LogP contribution >= 0.6 is 0 Å². The minimum absolute atomic E-state index is 0.238. The number of hydrogen-bond acceptors (Lipinski definition) is 3. The zero-order valence-electron chi connectivity index (χ0n) is 19.8. The average molecular weight is 732 g/mol. The fourth-order valence-electron chi connectivity index (χ4n) is 2.28. The van der Waals surface area contributed by atoms with Crippen LogP contribution in [0.5, 0.6) is 0 Å². The molecule has 1 atom stereocenters. The second-order valence-electron chi connectivity index (χ2n) is 7.74. The molecule has 0 aliphatic heterocycles. The summed E-state index contributed by atoms with van der Waals surface area (Å²) in [4.78, 5) is 10.9. The van der Waals surface area contributed by atoms with Gasteiger partial charge in [0, 0.05) is 6.08 Å². The lowest BCUT2D eigenvalue weighted by Crippen LogP contribution is -2.76. The predicted molar refractivity (Wildman–Crippen MR) is 86.8 cm³/mol. The molecule has 28 heteroatoms. The molecule has 0 heterocycles. The highest BCUT2D eigenvalue weighted by Crippen LogP contribution is 2.66. The van der Waals surface area contributed by atoms with Crippen LogP contribution in [0.15, 0.2) is 24.0 Å². The van der Waals surface area contributed by atoms with Crippen molar-refractivity contribution < 1.29 is 124 Å². The monoisotopic (exact) mass is 732 g/mol. The van der Waals surface area contributed by atoms with E-state index in [2.05, 4.69) is 4.74 Å². The van der Waals surface area contributed by atoms with Gasteiger partial charge in [-0.2, -0.15) is 110 Å². The SMILES string of the molecule is CC=CC(=O)OC(F)=C(F)C(F)(OC(F)(F)C(F)(F)F)C(F)(F)C(F)(F)C(F)(F)C(F)(F)C(F)(F)C(F)(F)C(F)(F)C(F)(F)F. The van der Waals surface area contributed by atoms with Crippen LogP contribution in [-0.4, -0.2) is 71.7 Å². The number of carbonyl (C=O) groups is 1. The standard InChI is InChI=1S/C17H5F25O3/c1-2-3-4(43)44-6(19)5(18)7(20,45-17(41,42)16(38,39)40)8(21,22)9(23,24)10(25,26)11(27,28)12(29,30)13(31,32)14(33,34)15(35,36)37/h2-3H,1H3. The molecule has 0 fully saturated rings. The maximum atomic E-state index is 14.7. The van der Waals surface area contributed by atoms with Gasteiger partial charge in [0.1, 0.15) is 0 Å². The average Bonchev–Trinajstić information content (AvgIpc) is 2.80. The summed E-state index contributed by atoms with van der Waals surface area (Å²) in [5.74, 6) is -81.4. The van der Waals surface area contributed by atoms with Gasteiger partial charge < -0.3 is 4.74 Å². The lowest BCUT2D eigenvalue weighted by molar-refractivity contribution is -0.493. The van der Waals surface area contributed by atoms with Gasteiger partial charge in [-0.3, -0.25) is 4.74 Å². The minimum Gasteiger partial charge on any atom is -0.393 e. The first-order chi connectivity index (χ1) is 19.2. The quantitative estimate of drug-likeness (QED) is 0.0870. The third-order valence-corrected chi connectivity index (χ3v) is 4.67. The van der Waals surface area contributed by atoms with Gasteiger partial charge in [0.15, 0.2) is 0 Å². The number of esters is 1. The second-order valence-corrected chi connectivity index (χ2v) is 7.74. The Bertz CT molecular complexity index is 1160. The third-order valence-electron chi connectivity index (χ3n) is 4.67. The van der Waals surface area contributed by atoms with Crippen molar-refractivity contribution in [1.82, 2.24) is 0 Å². The first-order valence-corrected chi connectivity index (χ1v) is 9.69. The highest BCUT2D eigenvalue weighted by Gasteiger charge is 2.97. The molecule has 45 heavy (non-hydrogen) atoms. The van der Waals surface area contributed by atoms with E-state index in [1.807, 2.05) is 0 Å². The molecule has 0 aromatic heterocycles. The Hall–Kier alpha value is -2.84. The Morgan fingerprint density at radius 3 is 1.09 bits per heavy atom. The van der Waals surface area contributed by atoms with E-state index in [9.17, 15) is 115 Å². The molecule has 0 aliphatic carbocycles. The van der Waals surface area contributed by atoms with Crippen molar-refractivity contribution in [3.63, 3.8) is 0 Å². The van der Waals surface area contributed by atoms with Gasteiger partial charge >= 0.3 is 77.8 Å². The Balaban J connectivity index is 7.80. The zero-order chi connectivity index (χ0) is 37.1. The van der Waals surface area contributed by atoms with E-state index in [-0.39, 0.29) is 6.08 Å². The largest absolute Gasteiger partial charge is 0.483 e. The normalized spacial score (nSPS) is 17.7. The summed E-state index contributed by atoms with van der Waals surface area (Å²) in [5.41, 5.74) is 0. The van der Waals surface area contributed by atoms with Crippen LogP contribution in [0.1, 0.15) is 6.92 Å². The van der Waals surface area contributed by atoms with Gasteiger partial charge in [0.05, 0.1) is 0 Å². The fraction of sp³-hybridized carbons (Fsp3) is 0.706. The molecule has 0 aromatic carbocycles. The van der Waals surface area contributed by atoms with Crippen molar-refractivity contribution in [3.05, 3.63) is 24.0 Å². The lowest BCUT2D eigenvalue weighted by atomic mass is 9.87. The number of ether oxygens (including phenoxy) is 2. The molecule has 0 aromatic rings. The first-order valence-electron chi connectivity index (χ1n) is 9.69. The molecular weight excluding hydrogens is 727 g/mol. The number of allylic oxidation sites excluding steroid dienone is 1. The summed E-state index contributed by atoms with van der Waals surface area (Å²) in [6, 6.07) is -4.38. The molecule has 0 saturated heterocycles. The summed E-state index contributed by atoms with van der Waals surface area (Å²) in [5, 5.41) is 0. The number of halogens is 25. The molecule has 0 amide bonds. The van der Waals surface area contributed by atoms with Gasteiger partial charge in [0.2, 0.25) is 5.83 Å². The molecule has 0 spiro atoms. The van der Waals surface area contributed by atoms with Crippen molar-refractivity contribution in [3.8, 4) is 0 Å². The topological polar surface area (TPSA) is 35.5 Å². The molecule has 266 valence electrons. The second kappa shape index (κ2) is 11.4. The Labute approximate surface area is 228 Å². The van der Waals surface area contributed by atoms with E-state index in [0.717, 1.165) is 0 Å². The van der Waals surface area contributed by atoms with E-state index >= 15 is 0 Å². The van der Waals surface area contributed by atoms with Gasteiger partial charge in [-0.05, 0) is 6.92 Å². The first kappa shape index (κ1) is 42.2. The molecule has 0 aliphatic rings. The fourth-order valence-corrected chi connectivity index (χ4v) is 2.28. The number of alkyl halides is 23. The highest BCUT2D eigenvalue weighted by molar-refractivity contribution is 5.82. The Kier molecular flexibility index (Phi) is 10.7. The van der Waals surface area contributed by atoms with Crippen molar-refractivity contribution in [1.29, 1.82) is 0 Å². The molecule has 0 rings (SSSR count). The summed E-state index contributed by atoms with van der Waals surface area (Å²) in [6.07, 6.45) is -23.9. The molecule has 1 unspecified atom stereocenters. The Morgan fingerprint density at radius 2 is 0.800 bits per heavy atom. The van der Waals surface area contributed by atoms with E-state index < -0.39 is 83.6 Å². The molecule has 0 N–H and O–H groups in total. The Morgan fingerprint density at radius 1 is 0.489 bits per heavy atom. The third kappa shape index (κ3) is 6.17. The molecule has 0 radical (unpaired) electrons. The van der Waals surface area contributed by atoms with Crippen LogP contribution in [0.25, 0.3) is 0 Å². The summed E-state index contributed by atoms with van der Waals surface area (Å²) in [7, 11) is 0. The molecular formula is C17H5F25O3. The molecule has 0 saturated carbocycles. The highest BCUT2D eigenvalue weighted by atomic mass is 19.4. The van der Waals surface area contributed by atoms with E-state index in [1.54, 1.807) is 0 Å². The van der Waals surface area contributed by atoms with Crippen molar-refractivity contribution in [2.24, 2.45) is 0 Å². The number of rotatable bonds is 12. The van der Waals surface area contributed by atoms with Gasteiger partial charge in [0.25, 0.3) is 0 Å². The van der Waals surface area contributed by atoms with Crippen LogP contribution in [0.3, 0.4) is 0 Å². The maximum absolute atomic E-state index is 14.7. The summed E-state index contributed by atoms with van der Waals surface area (Å²) in [6.45, 7) is 0.715. The lowest BCUT2D eigenvalue weighted by Gasteiger charge is -2.45. The van der Waals surface area contributed by atoms with E-state index in [1.165, 1.54) is 4.74 Å². The number of carbonyl (C=O) groups excluding carboxylic acids is 1. The summed E-state index contributed by atoms with van der Waals surface area (Å²) < 4.78 is 337. The van der Waals surface area contributed by atoms with E-state index in [0.29, 0.717) is 13.0 Å². The van der Waals surface area contributed by atoms with Crippen molar-refractivity contribution in [2.45, 2.75) is 72.7 Å². The van der Waals surface area contributed by atoms with Crippen LogP contribution in [0.4, 0.5) is 110 Å². The molecule has 0 bridgehead atoms. The maximum Gasteiger partial charge on any atom is 0.483 e. The van der Waals surface area contributed by atoms with Crippen molar-refractivity contribution >= 4 is 5.97 Å². The van der Waals surface area contributed by atoms with Crippen LogP contribution in [0.2, 0.25) is 0 Å². The van der Waals surface area contributed by atoms with Crippen LogP contribution in [-0.2, 0) is 14.3 Å². The smallest absolute Gasteiger partial charge is 0.393 e. The van der Waals surface area contributed by atoms with E-state index in [4.69, 9.17) is 0 Å². The van der Waals surface area contributed by atoms with Crippen molar-refractivity contribution in [2.75, 3.05) is 0 Å². The van der Waals surface area contributed by atoms with Gasteiger partial charge in [-0.1, -0.05) is 6.08 Å². The predicted octanol–water partition coefficient (Wildman–Crippen LogP) is 9.06. The van der Waals surface area contributed by atoms with Crippen LogP contribution in [0, 0.1) is 0 Å². The number of hydrogen-bond donors (Lipinski definition) is 0. The zero-order valence-corrected chi connectivity index (χ0v) is 19.8. The van der Waals surface area contributed by atoms with Gasteiger partial charge in [-0.25, -0.2) is 4.79 Å². The molecule has 3 nitrogen and oxygen atoms in total. The van der Waals surface area contributed by atoms with Crippen LogP contribution < -0.4 is 0 Å². The minimum atomic E-state index is -9.59. The van der Waals surface area contributed by atoms with Gasteiger partial charge in [-0.15, -0.1) is 0 Å². The summed E-state index contributed by atoms with van der Waals surface area (Å²) >= 11 is 0.